The van der Waals surface area contributed by atoms with Crippen LogP contribution in [-0.2, 0) is 0 Å². The van der Waals surface area contributed by atoms with Crippen molar-refractivity contribution in [1.82, 2.24) is 10.2 Å². The van der Waals surface area contributed by atoms with Gasteiger partial charge in [-0.2, -0.15) is 0 Å². The highest BCUT2D eigenvalue weighted by atomic mass is 16.3. The van der Waals surface area contributed by atoms with Gasteiger partial charge in [0.1, 0.15) is 5.58 Å². The molecule has 4 aliphatic rings. The number of hydrogen-bond acceptors (Lipinski definition) is 4. The number of hydrogen-bond donors (Lipinski definition) is 2. The molecule has 152 valence electrons. The Morgan fingerprint density at radius 3 is 2.90 bits per heavy atom. The van der Waals surface area contributed by atoms with E-state index in [1.807, 2.05) is 18.2 Å². The summed E-state index contributed by atoms with van der Waals surface area (Å²) >= 11 is 0. The van der Waals surface area contributed by atoms with Crippen molar-refractivity contribution in [3.63, 3.8) is 0 Å². The topological polar surface area (TPSA) is 71.5 Å². The molecule has 5 heteroatoms. The quantitative estimate of drug-likeness (QED) is 0.836. The van der Waals surface area contributed by atoms with Gasteiger partial charge in [-0.05, 0) is 49.9 Å². The SMILES string of the molecule is CC1(CN)CC=CC=C1c1cccc2cc(C(=O)N[C@H]3CN4CCC3CC4)oc12. The first-order valence-electron chi connectivity index (χ1n) is 10.7. The monoisotopic (exact) mass is 391 g/mol. The van der Waals surface area contributed by atoms with Crippen molar-refractivity contribution < 1.29 is 9.21 Å². The van der Waals surface area contributed by atoms with Crippen LogP contribution in [0.2, 0.25) is 0 Å². The van der Waals surface area contributed by atoms with Gasteiger partial charge in [0.15, 0.2) is 5.76 Å². The van der Waals surface area contributed by atoms with E-state index in [0.29, 0.717) is 18.2 Å². The Bertz CT molecular complexity index is 997. The van der Waals surface area contributed by atoms with Crippen molar-refractivity contribution in [1.29, 1.82) is 0 Å². The van der Waals surface area contributed by atoms with Crippen LogP contribution in [0.25, 0.3) is 16.5 Å². The number of fused-ring (bicyclic) bond motifs is 4. The highest BCUT2D eigenvalue weighted by molar-refractivity contribution is 5.99. The predicted octanol–water partition coefficient (Wildman–Crippen LogP) is 3.57. The van der Waals surface area contributed by atoms with E-state index >= 15 is 0 Å². The van der Waals surface area contributed by atoms with Crippen LogP contribution in [0.4, 0.5) is 0 Å². The number of piperidine rings is 3. The smallest absolute Gasteiger partial charge is 0.287 e. The molecule has 1 aromatic heterocycles. The van der Waals surface area contributed by atoms with E-state index in [4.69, 9.17) is 10.2 Å². The highest BCUT2D eigenvalue weighted by Crippen LogP contribution is 2.42. The summed E-state index contributed by atoms with van der Waals surface area (Å²) in [5.41, 5.74) is 8.97. The van der Waals surface area contributed by atoms with E-state index in [-0.39, 0.29) is 17.4 Å². The summed E-state index contributed by atoms with van der Waals surface area (Å²) in [5, 5.41) is 4.19. The molecule has 6 rings (SSSR count). The average molecular weight is 392 g/mol. The van der Waals surface area contributed by atoms with Crippen LogP contribution < -0.4 is 11.1 Å². The van der Waals surface area contributed by atoms with Gasteiger partial charge in [-0.15, -0.1) is 0 Å². The molecular formula is C24H29N3O2. The summed E-state index contributed by atoms with van der Waals surface area (Å²) in [7, 11) is 0. The number of amides is 1. The molecule has 3 N–H and O–H groups in total. The minimum Gasteiger partial charge on any atom is -0.450 e. The Morgan fingerprint density at radius 2 is 2.17 bits per heavy atom. The van der Waals surface area contributed by atoms with Crippen LogP contribution in [0.3, 0.4) is 0 Å². The zero-order chi connectivity index (χ0) is 20.0. The number of carbonyl (C=O) groups is 1. The molecule has 1 unspecified atom stereocenters. The van der Waals surface area contributed by atoms with Crippen LogP contribution >= 0.6 is 0 Å². The maximum absolute atomic E-state index is 13.0. The van der Waals surface area contributed by atoms with Crippen molar-refractivity contribution in [3.8, 4) is 0 Å². The molecule has 3 fully saturated rings. The summed E-state index contributed by atoms with van der Waals surface area (Å²) in [4.78, 5) is 15.4. The predicted molar refractivity (Wildman–Crippen MR) is 116 cm³/mol. The second-order valence-corrected chi connectivity index (χ2v) is 9.03. The number of nitrogens with one attached hydrogen (secondary N) is 1. The second kappa shape index (κ2) is 7.15. The summed E-state index contributed by atoms with van der Waals surface area (Å²) in [6, 6.07) is 8.20. The van der Waals surface area contributed by atoms with Gasteiger partial charge in [-0.3, -0.25) is 4.79 Å². The first-order valence-corrected chi connectivity index (χ1v) is 10.7. The van der Waals surface area contributed by atoms with E-state index in [0.717, 1.165) is 42.6 Å². The fraction of sp³-hybridized carbons (Fsp3) is 0.458. The summed E-state index contributed by atoms with van der Waals surface area (Å²) in [5.74, 6) is 0.878. The molecule has 2 bridgehead atoms. The van der Waals surface area contributed by atoms with Crippen molar-refractivity contribution in [2.75, 3.05) is 26.2 Å². The molecule has 1 aliphatic carbocycles. The molecular weight excluding hydrogens is 362 g/mol. The van der Waals surface area contributed by atoms with Gasteiger partial charge in [-0.1, -0.05) is 43.4 Å². The molecule has 4 heterocycles. The van der Waals surface area contributed by atoms with Crippen LogP contribution in [0, 0.1) is 11.3 Å². The lowest BCUT2D eigenvalue weighted by Gasteiger charge is -2.44. The Morgan fingerprint density at radius 1 is 1.34 bits per heavy atom. The number of nitrogens with two attached hydrogens (primary N) is 1. The lowest BCUT2D eigenvalue weighted by molar-refractivity contribution is 0.0607. The van der Waals surface area contributed by atoms with Crippen molar-refractivity contribution in [2.24, 2.45) is 17.1 Å². The van der Waals surface area contributed by atoms with Gasteiger partial charge in [0, 0.05) is 35.5 Å². The molecule has 1 aromatic carbocycles. The van der Waals surface area contributed by atoms with E-state index < -0.39 is 0 Å². The minimum absolute atomic E-state index is 0.106. The standard InChI is InChI=1S/C24H29N3O2/c1-24(15-25)10-3-2-7-19(24)18-6-4-5-17-13-21(29-22(17)18)23(28)26-20-14-27-11-8-16(20)9-12-27/h2-7,13,16,20H,8-12,14-15,25H2,1H3,(H,26,28)/t20-,24?/m0/s1. The van der Waals surface area contributed by atoms with Gasteiger partial charge in [0.25, 0.3) is 5.91 Å². The molecule has 2 aromatic rings. The number of carbonyl (C=O) groups excluding carboxylic acids is 1. The molecule has 3 aliphatic heterocycles. The summed E-state index contributed by atoms with van der Waals surface area (Å²) in [6.07, 6.45) is 9.62. The molecule has 29 heavy (non-hydrogen) atoms. The van der Waals surface area contributed by atoms with Crippen LogP contribution in [0.1, 0.15) is 42.3 Å². The van der Waals surface area contributed by atoms with Crippen LogP contribution in [-0.4, -0.2) is 43.0 Å². The van der Waals surface area contributed by atoms with E-state index in [9.17, 15) is 4.79 Å². The normalized spacial score (nSPS) is 31.1. The van der Waals surface area contributed by atoms with Crippen molar-refractivity contribution in [2.45, 2.75) is 32.2 Å². The number of furan rings is 1. The van der Waals surface area contributed by atoms with Crippen molar-refractivity contribution in [3.05, 3.63) is 53.8 Å². The lowest BCUT2D eigenvalue weighted by Crippen LogP contribution is -2.57. The van der Waals surface area contributed by atoms with Gasteiger partial charge in [0.05, 0.1) is 0 Å². The first-order chi connectivity index (χ1) is 14.1. The Hall–Kier alpha value is -2.37. The van der Waals surface area contributed by atoms with Gasteiger partial charge in [-0.25, -0.2) is 0 Å². The summed E-state index contributed by atoms with van der Waals surface area (Å²) in [6.45, 7) is 6.03. The van der Waals surface area contributed by atoms with E-state index in [2.05, 4.69) is 41.4 Å². The van der Waals surface area contributed by atoms with Gasteiger partial charge >= 0.3 is 0 Å². The molecule has 3 saturated heterocycles. The highest BCUT2D eigenvalue weighted by Gasteiger charge is 2.35. The fourth-order valence-electron chi connectivity index (χ4n) is 5.17. The molecule has 1 amide bonds. The minimum atomic E-state index is -0.131. The lowest BCUT2D eigenvalue weighted by atomic mass is 9.73. The Labute approximate surface area is 171 Å². The number of rotatable bonds is 4. The molecule has 2 atom stereocenters. The zero-order valence-corrected chi connectivity index (χ0v) is 17.0. The maximum atomic E-state index is 13.0. The Kier molecular flexibility index (Phi) is 4.60. The van der Waals surface area contributed by atoms with E-state index in [1.165, 1.54) is 18.4 Å². The molecule has 0 spiro atoms. The van der Waals surface area contributed by atoms with Gasteiger partial charge in [0.2, 0.25) is 0 Å². The van der Waals surface area contributed by atoms with Crippen LogP contribution in [0.5, 0.6) is 0 Å². The van der Waals surface area contributed by atoms with E-state index in [1.54, 1.807) is 0 Å². The number of allylic oxidation sites excluding steroid dienone is 3. The van der Waals surface area contributed by atoms with Gasteiger partial charge < -0.3 is 20.4 Å². The van der Waals surface area contributed by atoms with Crippen LogP contribution in [0.15, 0.2) is 46.9 Å². The Balaban J connectivity index is 1.45. The summed E-state index contributed by atoms with van der Waals surface area (Å²) < 4.78 is 6.14. The number of para-hydroxylation sites is 1. The first kappa shape index (κ1) is 18.6. The largest absolute Gasteiger partial charge is 0.450 e. The average Bonchev–Trinajstić information content (AvgIpc) is 3.20. The fourth-order valence-corrected chi connectivity index (χ4v) is 5.17. The van der Waals surface area contributed by atoms with Crippen molar-refractivity contribution >= 4 is 22.4 Å². The molecule has 5 nitrogen and oxygen atoms in total. The third kappa shape index (κ3) is 3.22. The third-order valence-electron chi connectivity index (χ3n) is 7.10. The molecule has 0 saturated carbocycles. The third-order valence-corrected chi connectivity index (χ3v) is 7.10. The second-order valence-electron chi connectivity index (χ2n) is 9.03. The molecule has 0 radical (unpaired) electrons. The zero-order valence-electron chi connectivity index (χ0n) is 17.0. The number of nitrogens with zero attached hydrogens (tertiary/aromatic N) is 1. The number of benzene rings is 1. The maximum Gasteiger partial charge on any atom is 0.287 e.